The fourth-order valence-corrected chi connectivity index (χ4v) is 3.85. The van der Waals surface area contributed by atoms with Gasteiger partial charge in [-0.2, -0.15) is 5.10 Å². The van der Waals surface area contributed by atoms with Crippen molar-refractivity contribution >= 4 is 10.8 Å². The Kier molecular flexibility index (Phi) is 4.30. The van der Waals surface area contributed by atoms with Crippen LogP contribution in [-0.2, 0) is 0 Å². The first kappa shape index (κ1) is 15.3. The molecule has 2 aromatic rings. The number of piperidine rings is 1. The monoisotopic (exact) mass is 321 g/mol. The summed E-state index contributed by atoms with van der Waals surface area (Å²) >= 11 is 0. The summed E-state index contributed by atoms with van der Waals surface area (Å²) in [7, 11) is 0. The summed E-state index contributed by atoms with van der Waals surface area (Å²) < 4.78 is 0. The Hall–Kier alpha value is -2.20. The average molecular weight is 321 g/mol. The molecular weight excluding hydrogens is 298 g/mol. The minimum atomic E-state index is -0.0946. The number of rotatable bonds is 3. The molecule has 1 fully saturated rings. The highest BCUT2D eigenvalue weighted by Gasteiger charge is 2.24. The van der Waals surface area contributed by atoms with E-state index in [1.165, 1.54) is 18.4 Å². The first-order valence-corrected chi connectivity index (χ1v) is 8.86. The summed E-state index contributed by atoms with van der Waals surface area (Å²) in [5, 5.41) is 8.84. The lowest BCUT2D eigenvalue weighted by molar-refractivity contribution is 0.227. The summed E-state index contributed by atoms with van der Waals surface area (Å²) in [6, 6.07) is 7.81. The molecular formula is C20H23N3O. The minimum absolute atomic E-state index is 0.0946. The molecule has 1 saturated heterocycles. The van der Waals surface area contributed by atoms with Gasteiger partial charge in [-0.25, -0.2) is 5.10 Å². The molecule has 4 nitrogen and oxygen atoms in total. The zero-order valence-corrected chi connectivity index (χ0v) is 13.9. The number of hydrogen-bond acceptors (Lipinski definition) is 3. The van der Waals surface area contributed by atoms with E-state index < -0.39 is 0 Å². The van der Waals surface area contributed by atoms with Crippen molar-refractivity contribution < 1.29 is 0 Å². The van der Waals surface area contributed by atoms with Gasteiger partial charge >= 0.3 is 0 Å². The van der Waals surface area contributed by atoms with Crippen LogP contribution in [0.5, 0.6) is 0 Å². The van der Waals surface area contributed by atoms with Gasteiger partial charge in [0.05, 0.1) is 11.1 Å². The van der Waals surface area contributed by atoms with Crippen molar-refractivity contribution in [2.75, 3.05) is 19.6 Å². The summed E-state index contributed by atoms with van der Waals surface area (Å²) in [6.07, 6.45) is 11.5. The van der Waals surface area contributed by atoms with Crippen LogP contribution in [0.4, 0.5) is 0 Å². The van der Waals surface area contributed by atoms with Gasteiger partial charge in [0.25, 0.3) is 5.56 Å². The Morgan fingerprint density at radius 1 is 1.12 bits per heavy atom. The maximum absolute atomic E-state index is 11.9. The molecule has 0 unspecified atom stereocenters. The second-order valence-corrected chi connectivity index (χ2v) is 6.79. The molecule has 4 rings (SSSR count). The Morgan fingerprint density at radius 3 is 2.67 bits per heavy atom. The van der Waals surface area contributed by atoms with E-state index >= 15 is 0 Å². The quantitative estimate of drug-likeness (QED) is 0.943. The summed E-state index contributed by atoms with van der Waals surface area (Å²) in [5.41, 5.74) is 2.41. The van der Waals surface area contributed by atoms with Gasteiger partial charge in [0.2, 0.25) is 0 Å². The number of hydrogen-bond donors (Lipinski definition) is 1. The van der Waals surface area contributed by atoms with Gasteiger partial charge in [-0.15, -0.1) is 0 Å². The topological polar surface area (TPSA) is 49.0 Å². The lowest BCUT2D eigenvalue weighted by Crippen LogP contribution is -2.34. The predicted octanol–water partition coefficient (Wildman–Crippen LogP) is 3.38. The van der Waals surface area contributed by atoms with E-state index in [0.29, 0.717) is 5.92 Å². The van der Waals surface area contributed by atoms with Crippen molar-refractivity contribution in [2.45, 2.75) is 31.6 Å². The standard InChI is InChI=1S/C20H23N3O/c24-20-18-9-5-4-8-17(18)19(21-22-20)16-10-12-23(13-11-16)14-15-6-2-1-3-7-15/h2,4-9,16H,1,3,10-14H2,(H,22,24). The molecule has 0 bridgehead atoms. The molecule has 1 N–H and O–H groups in total. The SMILES string of the molecule is O=c1[nH]nc(C2CCN(CC3=CCCC=C3)CC2)c2ccccc12. The second-order valence-electron chi connectivity index (χ2n) is 6.79. The van der Waals surface area contributed by atoms with Crippen molar-refractivity contribution in [3.8, 4) is 0 Å². The number of H-pyrrole nitrogens is 1. The fraction of sp³-hybridized carbons (Fsp3) is 0.400. The third kappa shape index (κ3) is 3.06. The van der Waals surface area contributed by atoms with E-state index in [0.717, 1.165) is 48.9 Å². The van der Waals surface area contributed by atoms with Crippen LogP contribution in [0.1, 0.15) is 37.3 Å². The van der Waals surface area contributed by atoms with Crippen LogP contribution >= 0.6 is 0 Å². The Balaban J connectivity index is 1.48. The minimum Gasteiger partial charge on any atom is -0.299 e. The largest absolute Gasteiger partial charge is 0.299 e. The van der Waals surface area contributed by atoms with E-state index in [1.807, 2.05) is 24.3 Å². The highest BCUT2D eigenvalue weighted by molar-refractivity contribution is 5.83. The molecule has 2 heterocycles. The summed E-state index contributed by atoms with van der Waals surface area (Å²) in [5.74, 6) is 0.430. The number of allylic oxidation sites excluding steroid dienone is 2. The van der Waals surface area contributed by atoms with E-state index in [9.17, 15) is 4.79 Å². The van der Waals surface area contributed by atoms with Gasteiger partial charge in [0.15, 0.2) is 0 Å². The number of aromatic nitrogens is 2. The smallest absolute Gasteiger partial charge is 0.272 e. The van der Waals surface area contributed by atoms with Gasteiger partial charge < -0.3 is 0 Å². The van der Waals surface area contributed by atoms with Gasteiger partial charge in [-0.1, -0.05) is 36.4 Å². The lowest BCUT2D eigenvalue weighted by atomic mass is 9.90. The molecule has 0 radical (unpaired) electrons. The van der Waals surface area contributed by atoms with Crippen LogP contribution in [0.25, 0.3) is 10.8 Å². The Bertz CT molecular complexity index is 841. The van der Waals surface area contributed by atoms with E-state index in [1.54, 1.807) is 0 Å². The van der Waals surface area contributed by atoms with E-state index in [-0.39, 0.29) is 5.56 Å². The third-order valence-electron chi connectivity index (χ3n) is 5.18. The first-order chi connectivity index (χ1) is 11.8. The molecule has 2 aliphatic rings. The predicted molar refractivity (Wildman–Crippen MR) is 97.2 cm³/mol. The maximum Gasteiger partial charge on any atom is 0.272 e. The molecule has 0 atom stereocenters. The highest BCUT2D eigenvalue weighted by atomic mass is 16.1. The zero-order chi connectivity index (χ0) is 16.4. The van der Waals surface area contributed by atoms with Crippen LogP contribution in [0.2, 0.25) is 0 Å². The van der Waals surface area contributed by atoms with Gasteiger partial charge in [-0.05, 0) is 50.4 Å². The first-order valence-electron chi connectivity index (χ1n) is 8.86. The normalized spacial score (nSPS) is 19.6. The molecule has 1 aliphatic heterocycles. The number of nitrogens with zero attached hydrogens (tertiary/aromatic N) is 2. The molecule has 0 saturated carbocycles. The third-order valence-corrected chi connectivity index (χ3v) is 5.18. The number of aromatic amines is 1. The van der Waals surface area contributed by atoms with Gasteiger partial charge in [0, 0.05) is 17.8 Å². The number of nitrogens with one attached hydrogen (secondary N) is 1. The molecule has 0 amide bonds. The lowest BCUT2D eigenvalue weighted by Gasteiger charge is -2.32. The van der Waals surface area contributed by atoms with Crippen LogP contribution < -0.4 is 5.56 Å². The molecule has 1 aromatic carbocycles. The van der Waals surface area contributed by atoms with Crippen molar-refractivity contribution in [1.82, 2.24) is 15.1 Å². The van der Waals surface area contributed by atoms with E-state index in [4.69, 9.17) is 0 Å². The molecule has 124 valence electrons. The van der Waals surface area contributed by atoms with Crippen molar-refractivity contribution in [1.29, 1.82) is 0 Å². The Labute approximate surface area is 141 Å². The second kappa shape index (κ2) is 6.73. The molecule has 1 aliphatic carbocycles. The Morgan fingerprint density at radius 2 is 1.92 bits per heavy atom. The fourth-order valence-electron chi connectivity index (χ4n) is 3.85. The van der Waals surface area contributed by atoms with Gasteiger partial charge in [0.1, 0.15) is 0 Å². The summed E-state index contributed by atoms with van der Waals surface area (Å²) in [6.45, 7) is 3.24. The average Bonchev–Trinajstić information content (AvgIpc) is 2.64. The molecule has 1 aromatic heterocycles. The van der Waals surface area contributed by atoms with Crippen molar-refractivity contribution in [2.24, 2.45) is 0 Å². The van der Waals surface area contributed by atoms with E-state index in [2.05, 4.69) is 33.3 Å². The summed E-state index contributed by atoms with van der Waals surface area (Å²) in [4.78, 5) is 14.5. The molecule has 0 spiro atoms. The molecule has 24 heavy (non-hydrogen) atoms. The van der Waals surface area contributed by atoms with Crippen molar-refractivity contribution in [3.63, 3.8) is 0 Å². The molecule has 4 heteroatoms. The van der Waals surface area contributed by atoms with Crippen LogP contribution in [-0.4, -0.2) is 34.7 Å². The number of likely N-dealkylation sites (tertiary alicyclic amines) is 1. The zero-order valence-electron chi connectivity index (χ0n) is 13.9. The highest BCUT2D eigenvalue weighted by Crippen LogP contribution is 2.30. The maximum atomic E-state index is 11.9. The number of benzene rings is 1. The van der Waals surface area contributed by atoms with Crippen molar-refractivity contribution in [3.05, 3.63) is 64.1 Å². The van der Waals surface area contributed by atoms with Crippen LogP contribution in [0.3, 0.4) is 0 Å². The van der Waals surface area contributed by atoms with Gasteiger partial charge in [-0.3, -0.25) is 9.69 Å². The number of fused-ring (bicyclic) bond motifs is 1. The van der Waals surface area contributed by atoms with Crippen LogP contribution in [0, 0.1) is 0 Å². The van der Waals surface area contributed by atoms with Crippen LogP contribution in [0.15, 0.2) is 52.9 Å².